The number of benzene rings is 2. The molecule has 3 rings (SSSR count). The number of amides is 2. The fourth-order valence-corrected chi connectivity index (χ4v) is 4.63. The molecule has 2 aromatic rings. The van der Waals surface area contributed by atoms with Crippen LogP contribution in [0.15, 0.2) is 54.6 Å². The number of nitrogens with one attached hydrogen (secondary N) is 1. The van der Waals surface area contributed by atoms with Gasteiger partial charge in [-0.3, -0.25) is 9.59 Å². The number of aliphatic hydroxyl groups is 1. The Labute approximate surface area is 195 Å². The number of halogens is 1. The highest BCUT2D eigenvalue weighted by Gasteiger charge is 2.50. The van der Waals surface area contributed by atoms with Crippen molar-refractivity contribution in [3.05, 3.63) is 70.7 Å². The van der Waals surface area contributed by atoms with Gasteiger partial charge in [0.25, 0.3) is 5.91 Å². The molecule has 1 saturated heterocycles. The summed E-state index contributed by atoms with van der Waals surface area (Å²) in [6.45, 7) is 9.14. The highest BCUT2D eigenvalue weighted by molar-refractivity contribution is 6.30. The van der Waals surface area contributed by atoms with E-state index in [0.29, 0.717) is 30.1 Å². The number of hydrogen-bond donors (Lipinski definition) is 2. The molecule has 0 spiro atoms. The van der Waals surface area contributed by atoms with Crippen molar-refractivity contribution in [1.29, 1.82) is 0 Å². The number of rotatable bonds is 6. The molecule has 0 radical (unpaired) electrons. The van der Waals surface area contributed by atoms with Crippen LogP contribution in [0.3, 0.4) is 0 Å². The van der Waals surface area contributed by atoms with Crippen molar-refractivity contribution in [1.82, 2.24) is 10.2 Å². The Morgan fingerprint density at radius 3 is 2.28 bits per heavy atom. The fourth-order valence-electron chi connectivity index (χ4n) is 4.51. The number of carbonyl (C=O) groups excluding carboxylic acids is 2. The average molecular weight is 457 g/mol. The molecular weight excluding hydrogens is 424 g/mol. The van der Waals surface area contributed by atoms with Gasteiger partial charge in [-0.1, -0.05) is 69.6 Å². The molecule has 32 heavy (non-hydrogen) atoms. The molecule has 0 bridgehead atoms. The van der Waals surface area contributed by atoms with E-state index in [-0.39, 0.29) is 30.2 Å². The summed E-state index contributed by atoms with van der Waals surface area (Å²) in [6, 6.07) is 16.3. The van der Waals surface area contributed by atoms with Gasteiger partial charge >= 0.3 is 0 Å². The lowest BCUT2D eigenvalue weighted by molar-refractivity contribution is -0.157. The molecule has 2 atom stereocenters. The van der Waals surface area contributed by atoms with Crippen LogP contribution < -0.4 is 5.32 Å². The first-order valence-corrected chi connectivity index (χ1v) is 11.5. The summed E-state index contributed by atoms with van der Waals surface area (Å²) < 4.78 is 0. The van der Waals surface area contributed by atoms with Gasteiger partial charge in [0, 0.05) is 35.6 Å². The number of piperidine rings is 1. The van der Waals surface area contributed by atoms with E-state index in [4.69, 9.17) is 11.6 Å². The van der Waals surface area contributed by atoms with E-state index >= 15 is 0 Å². The lowest BCUT2D eigenvalue weighted by Crippen LogP contribution is -2.58. The Balaban J connectivity index is 1.70. The molecule has 1 aliphatic rings. The molecule has 1 heterocycles. The number of likely N-dealkylation sites (tertiary alicyclic amines) is 1. The van der Waals surface area contributed by atoms with E-state index in [1.165, 1.54) is 0 Å². The summed E-state index contributed by atoms with van der Waals surface area (Å²) in [5.74, 6) is -0.432. The second kappa shape index (κ2) is 9.63. The molecule has 1 aliphatic heterocycles. The van der Waals surface area contributed by atoms with E-state index in [1.807, 2.05) is 62.9 Å². The van der Waals surface area contributed by atoms with E-state index < -0.39 is 11.0 Å². The number of hydrogen-bond acceptors (Lipinski definition) is 3. The van der Waals surface area contributed by atoms with Crippen molar-refractivity contribution in [2.24, 2.45) is 17.3 Å². The summed E-state index contributed by atoms with van der Waals surface area (Å²) >= 11 is 6.02. The zero-order chi connectivity index (χ0) is 23.5. The Hall–Kier alpha value is -2.37. The minimum absolute atomic E-state index is 0.0135. The maximum atomic E-state index is 13.4. The van der Waals surface area contributed by atoms with Gasteiger partial charge in [0.1, 0.15) is 0 Å². The van der Waals surface area contributed by atoms with Crippen LogP contribution in [0, 0.1) is 17.3 Å². The first-order chi connectivity index (χ1) is 15.0. The average Bonchev–Trinajstić information content (AvgIpc) is 2.76. The normalized spacial score (nSPS) is 21.3. The molecule has 0 aliphatic carbocycles. The van der Waals surface area contributed by atoms with E-state index in [0.717, 1.165) is 5.56 Å². The highest BCUT2D eigenvalue weighted by atomic mass is 35.5. The van der Waals surface area contributed by atoms with Crippen LogP contribution in [-0.4, -0.2) is 41.5 Å². The smallest absolute Gasteiger partial charge is 0.251 e. The number of nitrogens with zero attached hydrogens (tertiary/aromatic N) is 1. The van der Waals surface area contributed by atoms with Gasteiger partial charge in [0.15, 0.2) is 0 Å². The second-order valence-electron chi connectivity index (χ2n) is 9.69. The van der Waals surface area contributed by atoms with Gasteiger partial charge in [0.2, 0.25) is 5.91 Å². The van der Waals surface area contributed by atoms with Crippen molar-refractivity contribution < 1.29 is 14.7 Å². The lowest BCUT2D eigenvalue weighted by Gasteiger charge is -2.51. The third kappa shape index (κ3) is 5.00. The first kappa shape index (κ1) is 24.3. The SMILES string of the molecule is CC(C)[C@H](CNC(=O)c1ccccc1)C(=O)N1CC[C@](O)(c2ccc(Cl)cc2)C(C)(C)C1. The van der Waals surface area contributed by atoms with Gasteiger partial charge in [0.05, 0.1) is 11.5 Å². The van der Waals surface area contributed by atoms with Gasteiger partial charge in [-0.2, -0.15) is 0 Å². The van der Waals surface area contributed by atoms with Crippen molar-refractivity contribution in [3.63, 3.8) is 0 Å². The van der Waals surface area contributed by atoms with Crippen LogP contribution in [0.25, 0.3) is 0 Å². The van der Waals surface area contributed by atoms with Crippen molar-refractivity contribution in [2.45, 2.75) is 39.7 Å². The van der Waals surface area contributed by atoms with Crippen LogP contribution >= 0.6 is 11.6 Å². The molecule has 0 aromatic heterocycles. The summed E-state index contributed by atoms with van der Waals surface area (Å²) in [7, 11) is 0. The number of carbonyl (C=O) groups is 2. The molecule has 0 saturated carbocycles. The molecule has 2 amide bonds. The monoisotopic (exact) mass is 456 g/mol. The summed E-state index contributed by atoms with van der Waals surface area (Å²) in [5, 5.41) is 15.1. The Morgan fingerprint density at radius 1 is 1.09 bits per heavy atom. The summed E-state index contributed by atoms with van der Waals surface area (Å²) in [4.78, 5) is 27.7. The second-order valence-corrected chi connectivity index (χ2v) is 10.1. The molecule has 6 heteroatoms. The van der Waals surface area contributed by atoms with Crippen molar-refractivity contribution in [2.75, 3.05) is 19.6 Å². The largest absolute Gasteiger partial charge is 0.384 e. The predicted octanol–water partition coefficient (Wildman–Crippen LogP) is 4.49. The predicted molar refractivity (Wildman–Crippen MR) is 127 cm³/mol. The third-order valence-corrected chi connectivity index (χ3v) is 6.98. The quantitative estimate of drug-likeness (QED) is 0.672. The van der Waals surface area contributed by atoms with Crippen LogP contribution in [0.1, 0.15) is 50.0 Å². The molecule has 2 N–H and O–H groups in total. The van der Waals surface area contributed by atoms with Gasteiger partial charge in [-0.05, 0) is 42.2 Å². The molecular formula is C26H33ClN2O3. The molecule has 172 valence electrons. The standard InChI is InChI=1S/C26H33ClN2O3/c1-18(2)22(16-28-23(30)19-8-6-5-7-9-19)24(31)29-15-14-26(32,25(3,4)17-29)20-10-12-21(27)13-11-20/h5-13,18,22,32H,14-17H2,1-4H3,(H,28,30)/t22-,26-/m0/s1. The van der Waals surface area contributed by atoms with Crippen molar-refractivity contribution >= 4 is 23.4 Å². The molecule has 0 unspecified atom stereocenters. The minimum Gasteiger partial charge on any atom is -0.384 e. The van der Waals surface area contributed by atoms with Crippen LogP contribution in [0.4, 0.5) is 0 Å². The van der Waals surface area contributed by atoms with Gasteiger partial charge in [-0.15, -0.1) is 0 Å². The minimum atomic E-state index is -1.05. The highest BCUT2D eigenvalue weighted by Crippen LogP contribution is 2.46. The van der Waals surface area contributed by atoms with Crippen LogP contribution in [0.5, 0.6) is 0 Å². The van der Waals surface area contributed by atoms with E-state index in [9.17, 15) is 14.7 Å². The fraction of sp³-hybridized carbons (Fsp3) is 0.462. The van der Waals surface area contributed by atoms with Gasteiger partial charge < -0.3 is 15.3 Å². The van der Waals surface area contributed by atoms with Crippen molar-refractivity contribution in [3.8, 4) is 0 Å². The Bertz CT molecular complexity index is 943. The maximum Gasteiger partial charge on any atom is 0.251 e. The Kier molecular flexibility index (Phi) is 7.31. The summed E-state index contributed by atoms with van der Waals surface area (Å²) in [6.07, 6.45) is 0.439. The van der Waals surface area contributed by atoms with E-state index in [2.05, 4.69) is 5.32 Å². The van der Waals surface area contributed by atoms with Crippen LogP contribution in [0.2, 0.25) is 5.02 Å². The summed E-state index contributed by atoms with van der Waals surface area (Å²) in [5.41, 5.74) is -0.212. The maximum absolute atomic E-state index is 13.4. The molecule has 2 aromatic carbocycles. The van der Waals surface area contributed by atoms with Gasteiger partial charge in [-0.25, -0.2) is 0 Å². The third-order valence-electron chi connectivity index (χ3n) is 6.72. The lowest BCUT2D eigenvalue weighted by atomic mass is 9.66. The first-order valence-electron chi connectivity index (χ1n) is 11.2. The van der Waals surface area contributed by atoms with E-state index in [1.54, 1.807) is 24.3 Å². The topological polar surface area (TPSA) is 69.6 Å². The zero-order valence-corrected chi connectivity index (χ0v) is 20.0. The molecule has 1 fully saturated rings. The molecule has 5 nitrogen and oxygen atoms in total. The van der Waals surface area contributed by atoms with Crippen LogP contribution in [-0.2, 0) is 10.4 Å². The Morgan fingerprint density at radius 2 is 1.72 bits per heavy atom. The zero-order valence-electron chi connectivity index (χ0n) is 19.3.